The predicted molar refractivity (Wildman–Crippen MR) is 136 cm³/mol. The zero-order chi connectivity index (χ0) is 27.0. The van der Waals surface area contributed by atoms with Crippen molar-refractivity contribution in [2.75, 3.05) is 18.2 Å². The maximum absolute atomic E-state index is 12.8. The van der Waals surface area contributed by atoms with Gasteiger partial charge in [-0.2, -0.15) is 10.4 Å². The second kappa shape index (κ2) is 9.64. The number of anilines is 2. The summed E-state index contributed by atoms with van der Waals surface area (Å²) >= 11 is 0. The Hall–Kier alpha value is -3.69. The van der Waals surface area contributed by atoms with E-state index >= 15 is 0 Å². The van der Waals surface area contributed by atoms with E-state index in [1.54, 1.807) is 43.7 Å². The number of nitrogens with one attached hydrogen (secondary N) is 2. The molecule has 0 bridgehead atoms. The van der Waals surface area contributed by atoms with Crippen LogP contribution in [0.15, 0.2) is 46.2 Å². The number of carbonyl (C=O) groups excluding carboxylic acids is 1. The van der Waals surface area contributed by atoms with E-state index < -0.39 is 33.1 Å². The minimum atomic E-state index is -3.36. The second-order valence-electron chi connectivity index (χ2n) is 10.2. The Morgan fingerprint density at radius 2 is 2.03 bits per heavy atom. The number of fused-ring (bicyclic) bond motifs is 1. The molecule has 2 N–H and O–H groups in total. The largest absolute Gasteiger partial charge is 0.458 e. The maximum Gasteiger partial charge on any atom is 0.335 e. The lowest BCUT2D eigenvalue weighted by molar-refractivity contribution is -0.176. The highest BCUT2D eigenvalue weighted by Crippen LogP contribution is 2.37. The molecular weight excluding hydrogens is 498 g/mol. The van der Waals surface area contributed by atoms with Crippen molar-refractivity contribution >= 4 is 38.2 Å². The summed E-state index contributed by atoms with van der Waals surface area (Å²) in [6.07, 6.45) is 2.62. The van der Waals surface area contributed by atoms with Gasteiger partial charge >= 0.3 is 5.97 Å². The van der Waals surface area contributed by atoms with Crippen molar-refractivity contribution < 1.29 is 22.7 Å². The molecule has 12 heteroatoms. The average molecular weight is 528 g/mol. The van der Waals surface area contributed by atoms with E-state index in [1.165, 1.54) is 18.3 Å². The Balaban J connectivity index is 1.70. The minimum absolute atomic E-state index is 0.0244. The van der Waals surface area contributed by atoms with Gasteiger partial charge in [0, 0.05) is 18.1 Å². The molecule has 196 valence electrons. The smallest absolute Gasteiger partial charge is 0.335 e. The lowest BCUT2D eigenvalue weighted by atomic mass is 9.87. The number of benzene rings is 1. The van der Waals surface area contributed by atoms with Crippen LogP contribution >= 0.6 is 0 Å². The molecule has 0 spiro atoms. The first kappa shape index (κ1) is 26.4. The number of hydrogen-bond acceptors (Lipinski definition) is 9. The van der Waals surface area contributed by atoms with Crippen molar-refractivity contribution in [2.45, 2.75) is 62.2 Å². The van der Waals surface area contributed by atoms with Gasteiger partial charge in [0.2, 0.25) is 0 Å². The van der Waals surface area contributed by atoms with Gasteiger partial charge in [-0.05, 0) is 63.9 Å². The number of aromatic amines is 1. The van der Waals surface area contributed by atoms with Crippen molar-refractivity contribution in [1.82, 2.24) is 14.8 Å². The summed E-state index contributed by atoms with van der Waals surface area (Å²) in [5.41, 5.74) is -0.926. The van der Waals surface area contributed by atoms with Crippen molar-refractivity contribution in [1.29, 1.82) is 5.26 Å². The summed E-state index contributed by atoms with van der Waals surface area (Å²) in [5, 5.41) is 17.7. The first-order valence-electron chi connectivity index (χ1n) is 11.7. The number of aromatic nitrogens is 3. The number of carbonyl (C=O) groups is 1. The monoisotopic (exact) mass is 527 g/mol. The molecule has 3 aromatic rings. The summed E-state index contributed by atoms with van der Waals surface area (Å²) in [6.45, 7) is 5.37. The SMILES string of the molecule is CC(C)(C)OC(=O)[C@@H]1CC[C@](CC#N)(n2nc(Nc3ccc(S(C)(=O)=O)cc3)c3c(=O)[nH]ccc32)CO1. The number of pyridine rings is 1. The summed E-state index contributed by atoms with van der Waals surface area (Å²) < 4.78 is 36.6. The van der Waals surface area contributed by atoms with Crippen LogP contribution in [0, 0.1) is 11.3 Å². The number of nitriles is 1. The van der Waals surface area contributed by atoms with E-state index in [0.29, 0.717) is 24.0 Å². The van der Waals surface area contributed by atoms with Crippen LogP contribution < -0.4 is 10.9 Å². The molecule has 2 atom stereocenters. The molecule has 0 unspecified atom stereocenters. The Labute approximate surface area is 214 Å². The fraction of sp³-hybridized carbons (Fsp3) is 0.440. The molecule has 0 aliphatic carbocycles. The number of H-pyrrole nitrogens is 1. The van der Waals surface area contributed by atoms with Gasteiger partial charge in [0.1, 0.15) is 11.0 Å². The third-order valence-corrected chi connectivity index (χ3v) is 7.23. The van der Waals surface area contributed by atoms with Crippen LogP contribution in [0.5, 0.6) is 0 Å². The highest BCUT2D eigenvalue weighted by molar-refractivity contribution is 7.90. The first-order valence-corrected chi connectivity index (χ1v) is 13.6. The van der Waals surface area contributed by atoms with Gasteiger partial charge in [-0.15, -0.1) is 0 Å². The van der Waals surface area contributed by atoms with Crippen molar-refractivity contribution in [3.8, 4) is 6.07 Å². The van der Waals surface area contributed by atoms with Gasteiger partial charge in [0.05, 0.1) is 35.0 Å². The van der Waals surface area contributed by atoms with Crippen molar-refractivity contribution in [3.63, 3.8) is 0 Å². The molecular formula is C25H29N5O6S. The highest BCUT2D eigenvalue weighted by atomic mass is 32.2. The summed E-state index contributed by atoms with van der Waals surface area (Å²) in [5.74, 6) is -0.213. The Bertz CT molecular complexity index is 1520. The molecule has 1 aromatic carbocycles. The molecule has 2 aromatic heterocycles. The van der Waals surface area contributed by atoms with E-state index in [0.717, 1.165) is 6.26 Å². The summed E-state index contributed by atoms with van der Waals surface area (Å²) in [4.78, 5) is 28.2. The number of hydrogen-bond donors (Lipinski definition) is 2. The highest BCUT2D eigenvalue weighted by Gasteiger charge is 2.43. The van der Waals surface area contributed by atoms with Crippen LogP contribution in [0.2, 0.25) is 0 Å². The molecule has 1 fully saturated rings. The average Bonchev–Trinajstić information content (AvgIpc) is 3.18. The molecule has 4 rings (SSSR count). The van der Waals surface area contributed by atoms with Crippen LogP contribution in [-0.2, 0) is 29.6 Å². The number of esters is 1. The summed E-state index contributed by atoms with van der Waals surface area (Å²) in [7, 11) is -3.36. The first-order chi connectivity index (χ1) is 17.3. The molecule has 1 aliphatic rings. The molecule has 0 radical (unpaired) electrons. The Kier molecular flexibility index (Phi) is 6.87. The number of sulfone groups is 1. The molecule has 11 nitrogen and oxygen atoms in total. The normalized spacial score (nSPS) is 20.4. The molecule has 1 saturated heterocycles. The molecule has 0 saturated carbocycles. The van der Waals surface area contributed by atoms with Gasteiger partial charge in [-0.25, -0.2) is 13.2 Å². The van der Waals surface area contributed by atoms with E-state index in [1.807, 2.05) is 0 Å². The zero-order valence-electron chi connectivity index (χ0n) is 21.1. The van der Waals surface area contributed by atoms with Gasteiger partial charge in [-0.3, -0.25) is 9.48 Å². The quantitative estimate of drug-likeness (QED) is 0.460. The van der Waals surface area contributed by atoms with E-state index in [9.17, 15) is 23.3 Å². The molecule has 0 amide bonds. The van der Waals surface area contributed by atoms with Gasteiger partial charge in [0.25, 0.3) is 5.56 Å². The minimum Gasteiger partial charge on any atom is -0.458 e. The molecule has 37 heavy (non-hydrogen) atoms. The number of ether oxygens (including phenoxy) is 2. The zero-order valence-corrected chi connectivity index (χ0v) is 21.9. The van der Waals surface area contributed by atoms with Crippen LogP contribution in [0.3, 0.4) is 0 Å². The van der Waals surface area contributed by atoms with Crippen LogP contribution in [0.4, 0.5) is 11.5 Å². The van der Waals surface area contributed by atoms with Crippen molar-refractivity contribution in [2.24, 2.45) is 0 Å². The third kappa shape index (κ3) is 5.52. The standard InChI is InChI=1S/C25H29N5O6S/c1-24(2,3)36-23(32)19-9-11-25(12-13-26,15-35-19)30-18-10-14-27-22(31)20(18)21(29-30)28-16-5-7-17(8-6-16)37(4,33)34/h5-8,10,14,19H,9,11-12,15H2,1-4H3,(H,27,31)(H,28,29)/t19-,25+/m0/s1. The lowest BCUT2D eigenvalue weighted by Crippen LogP contribution is -2.47. The number of rotatable bonds is 6. The fourth-order valence-corrected chi connectivity index (χ4v) is 4.97. The van der Waals surface area contributed by atoms with E-state index in [4.69, 9.17) is 9.47 Å². The Morgan fingerprint density at radius 3 is 2.59 bits per heavy atom. The topological polar surface area (TPSA) is 156 Å². The molecule has 3 heterocycles. The van der Waals surface area contributed by atoms with Gasteiger partial charge in [0.15, 0.2) is 21.8 Å². The number of nitrogens with zero attached hydrogens (tertiary/aromatic N) is 3. The fourth-order valence-electron chi connectivity index (χ4n) is 4.34. The van der Waals surface area contributed by atoms with E-state index in [2.05, 4.69) is 21.5 Å². The van der Waals surface area contributed by atoms with Crippen molar-refractivity contribution in [3.05, 3.63) is 46.9 Å². The van der Waals surface area contributed by atoms with Crippen LogP contribution in [-0.4, -0.2) is 53.7 Å². The maximum atomic E-state index is 12.8. The second-order valence-corrected chi connectivity index (χ2v) is 12.2. The molecule has 1 aliphatic heterocycles. The summed E-state index contributed by atoms with van der Waals surface area (Å²) in [6, 6.07) is 9.98. The van der Waals surface area contributed by atoms with E-state index in [-0.39, 0.29) is 34.7 Å². The Morgan fingerprint density at radius 1 is 1.32 bits per heavy atom. The van der Waals surface area contributed by atoms with Crippen LogP contribution in [0.25, 0.3) is 10.9 Å². The van der Waals surface area contributed by atoms with Gasteiger partial charge in [-0.1, -0.05) is 0 Å². The predicted octanol–water partition coefficient (Wildman–Crippen LogP) is 3.00. The third-order valence-electron chi connectivity index (χ3n) is 6.10. The van der Waals surface area contributed by atoms with Crippen LogP contribution in [0.1, 0.15) is 40.0 Å². The lowest BCUT2D eigenvalue weighted by Gasteiger charge is -2.39. The van der Waals surface area contributed by atoms with Gasteiger partial charge < -0.3 is 19.8 Å².